The predicted molar refractivity (Wildman–Crippen MR) is 47.5 cm³/mol. The van der Waals surface area contributed by atoms with Crippen LogP contribution in [0.25, 0.3) is 11.2 Å². The number of ether oxygens (including phenoxy) is 1. The number of hydrogen-bond donors (Lipinski definition) is 1. The maximum Gasteiger partial charge on any atom is 0.318 e. The standard InChI is InChI=1S/C8H10N4O/c1-2-3-13-8-9-4-6-7(12-8)11-5-10-6/h4-5H,2-3H2,1H3,(H,9,10,11,12). The van der Waals surface area contributed by atoms with Crippen molar-refractivity contribution in [2.45, 2.75) is 13.3 Å². The molecule has 0 aliphatic carbocycles. The zero-order chi connectivity index (χ0) is 9.10. The minimum atomic E-state index is 0.390. The van der Waals surface area contributed by atoms with Gasteiger partial charge in [-0.25, -0.2) is 9.97 Å². The fourth-order valence-electron chi connectivity index (χ4n) is 0.983. The van der Waals surface area contributed by atoms with Crippen LogP contribution >= 0.6 is 0 Å². The molecule has 0 fully saturated rings. The Morgan fingerprint density at radius 3 is 3.23 bits per heavy atom. The smallest absolute Gasteiger partial charge is 0.318 e. The van der Waals surface area contributed by atoms with Crippen LogP contribution in [0.4, 0.5) is 0 Å². The van der Waals surface area contributed by atoms with Crippen molar-refractivity contribution in [3.05, 3.63) is 12.5 Å². The monoisotopic (exact) mass is 178 g/mol. The molecule has 13 heavy (non-hydrogen) atoms. The van der Waals surface area contributed by atoms with Crippen LogP contribution in [0.1, 0.15) is 13.3 Å². The van der Waals surface area contributed by atoms with E-state index in [-0.39, 0.29) is 0 Å². The Labute approximate surface area is 75.2 Å². The lowest BCUT2D eigenvalue weighted by molar-refractivity contribution is 0.293. The molecular formula is C8H10N4O. The number of nitrogens with one attached hydrogen (secondary N) is 1. The van der Waals surface area contributed by atoms with E-state index >= 15 is 0 Å². The van der Waals surface area contributed by atoms with Gasteiger partial charge in [0.15, 0.2) is 5.65 Å². The quantitative estimate of drug-likeness (QED) is 0.765. The van der Waals surface area contributed by atoms with Crippen LogP contribution in [0.3, 0.4) is 0 Å². The molecule has 0 aliphatic rings. The second-order valence-corrected chi connectivity index (χ2v) is 2.64. The maximum atomic E-state index is 5.26. The lowest BCUT2D eigenvalue weighted by Crippen LogP contribution is -1.99. The molecule has 0 saturated carbocycles. The van der Waals surface area contributed by atoms with Crippen molar-refractivity contribution in [1.82, 2.24) is 19.9 Å². The summed E-state index contributed by atoms with van der Waals surface area (Å²) in [5.74, 6) is 0. The lowest BCUT2D eigenvalue weighted by atomic mass is 10.5. The van der Waals surface area contributed by atoms with Gasteiger partial charge in [-0.3, -0.25) is 0 Å². The summed E-state index contributed by atoms with van der Waals surface area (Å²) in [6.07, 6.45) is 4.20. The van der Waals surface area contributed by atoms with Crippen LogP contribution in [-0.2, 0) is 0 Å². The van der Waals surface area contributed by atoms with Crippen molar-refractivity contribution in [1.29, 1.82) is 0 Å². The van der Waals surface area contributed by atoms with Crippen molar-refractivity contribution in [2.24, 2.45) is 0 Å². The Balaban J connectivity index is 2.26. The Kier molecular flexibility index (Phi) is 2.08. The number of imidazole rings is 1. The highest BCUT2D eigenvalue weighted by molar-refractivity contribution is 5.68. The van der Waals surface area contributed by atoms with E-state index in [1.165, 1.54) is 0 Å². The van der Waals surface area contributed by atoms with Crippen molar-refractivity contribution < 1.29 is 4.74 Å². The third-order valence-electron chi connectivity index (χ3n) is 1.59. The first-order chi connectivity index (χ1) is 6.40. The molecule has 0 spiro atoms. The SMILES string of the molecule is CCCOc1ncc2[nH]cnc2n1. The number of aromatic amines is 1. The highest BCUT2D eigenvalue weighted by atomic mass is 16.5. The number of hydrogen-bond acceptors (Lipinski definition) is 4. The summed E-state index contributed by atoms with van der Waals surface area (Å²) >= 11 is 0. The van der Waals surface area contributed by atoms with E-state index in [1.54, 1.807) is 12.5 Å². The molecule has 5 nitrogen and oxygen atoms in total. The van der Waals surface area contributed by atoms with Gasteiger partial charge < -0.3 is 9.72 Å². The van der Waals surface area contributed by atoms with Crippen molar-refractivity contribution in [2.75, 3.05) is 6.61 Å². The fraction of sp³-hybridized carbons (Fsp3) is 0.375. The first-order valence-corrected chi connectivity index (χ1v) is 4.19. The summed E-state index contributed by atoms with van der Waals surface area (Å²) in [6.45, 7) is 2.67. The third kappa shape index (κ3) is 1.58. The average Bonchev–Trinajstić information content (AvgIpc) is 2.61. The Hall–Kier alpha value is -1.65. The van der Waals surface area contributed by atoms with Gasteiger partial charge in [0.2, 0.25) is 0 Å². The zero-order valence-electron chi connectivity index (χ0n) is 7.32. The summed E-state index contributed by atoms with van der Waals surface area (Å²) in [7, 11) is 0. The summed E-state index contributed by atoms with van der Waals surface area (Å²) in [4.78, 5) is 15.0. The van der Waals surface area contributed by atoms with Gasteiger partial charge in [-0.15, -0.1) is 0 Å². The molecule has 2 aromatic rings. The summed E-state index contributed by atoms with van der Waals surface area (Å²) in [6, 6.07) is 0.390. The van der Waals surface area contributed by atoms with E-state index in [9.17, 15) is 0 Å². The second-order valence-electron chi connectivity index (χ2n) is 2.64. The Morgan fingerprint density at radius 2 is 2.38 bits per heavy atom. The molecule has 2 heterocycles. The maximum absolute atomic E-state index is 5.26. The molecular weight excluding hydrogens is 168 g/mol. The first kappa shape index (κ1) is 7.97. The molecule has 0 aromatic carbocycles. The molecule has 0 bridgehead atoms. The van der Waals surface area contributed by atoms with Crippen molar-refractivity contribution in [3.8, 4) is 6.01 Å². The largest absolute Gasteiger partial charge is 0.463 e. The molecule has 1 N–H and O–H groups in total. The van der Waals surface area contributed by atoms with E-state index in [4.69, 9.17) is 4.74 Å². The van der Waals surface area contributed by atoms with Gasteiger partial charge in [-0.2, -0.15) is 4.98 Å². The van der Waals surface area contributed by atoms with E-state index in [2.05, 4.69) is 19.9 Å². The highest BCUT2D eigenvalue weighted by Gasteiger charge is 2.01. The van der Waals surface area contributed by atoms with Crippen LogP contribution in [0.15, 0.2) is 12.5 Å². The fourth-order valence-corrected chi connectivity index (χ4v) is 0.983. The predicted octanol–water partition coefficient (Wildman–Crippen LogP) is 1.14. The average molecular weight is 178 g/mol. The summed E-state index contributed by atoms with van der Waals surface area (Å²) in [5.41, 5.74) is 1.46. The number of rotatable bonds is 3. The number of H-pyrrole nitrogens is 1. The van der Waals surface area contributed by atoms with Crippen LogP contribution in [0.2, 0.25) is 0 Å². The summed E-state index contributed by atoms with van der Waals surface area (Å²) in [5, 5.41) is 0. The van der Waals surface area contributed by atoms with Gasteiger partial charge in [-0.05, 0) is 6.42 Å². The summed E-state index contributed by atoms with van der Waals surface area (Å²) < 4.78 is 5.26. The van der Waals surface area contributed by atoms with Crippen molar-refractivity contribution >= 4 is 11.2 Å². The first-order valence-electron chi connectivity index (χ1n) is 4.19. The molecule has 0 saturated heterocycles. The van der Waals surface area contributed by atoms with Gasteiger partial charge >= 0.3 is 6.01 Å². The topological polar surface area (TPSA) is 63.7 Å². The number of nitrogens with zero attached hydrogens (tertiary/aromatic N) is 3. The molecule has 0 atom stereocenters. The van der Waals surface area contributed by atoms with Crippen LogP contribution in [-0.4, -0.2) is 26.5 Å². The minimum absolute atomic E-state index is 0.390. The van der Waals surface area contributed by atoms with Crippen LogP contribution in [0, 0.1) is 0 Å². The van der Waals surface area contributed by atoms with E-state index in [0.29, 0.717) is 18.3 Å². The van der Waals surface area contributed by atoms with Gasteiger partial charge in [0.1, 0.15) is 5.52 Å². The van der Waals surface area contributed by atoms with Crippen LogP contribution < -0.4 is 4.74 Å². The number of fused-ring (bicyclic) bond motifs is 1. The van der Waals surface area contributed by atoms with E-state index < -0.39 is 0 Å². The molecule has 5 heteroatoms. The molecule has 0 radical (unpaired) electrons. The molecule has 0 aliphatic heterocycles. The van der Waals surface area contributed by atoms with E-state index in [1.807, 2.05) is 6.92 Å². The normalized spacial score (nSPS) is 10.5. The molecule has 68 valence electrons. The number of aromatic nitrogens is 4. The van der Waals surface area contributed by atoms with Gasteiger partial charge in [0.05, 0.1) is 19.1 Å². The Morgan fingerprint density at radius 1 is 1.46 bits per heavy atom. The van der Waals surface area contributed by atoms with Crippen molar-refractivity contribution in [3.63, 3.8) is 0 Å². The molecule has 0 amide bonds. The lowest BCUT2D eigenvalue weighted by Gasteiger charge is -1.99. The van der Waals surface area contributed by atoms with E-state index in [0.717, 1.165) is 11.9 Å². The third-order valence-corrected chi connectivity index (χ3v) is 1.59. The van der Waals surface area contributed by atoms with Gasteiger partial charge in [-0.1, -0.05) is 6.92 Å². The molecule has 0 unspecified atom stereocenters. The highest BCUT2D eigenvalue weighted by Crippen LogP contribution is 2.08. The van der Waals surface area contributed by atoms with Crippen LogP contribution in [0.5, 0.6) is 6.01 Å². The van der Waals surface area contributed by atoms with Gasteiger partial charge in [0.25, 0.3) is 0 Å². The Bertz CT molecular complexity index is 398. The second kappa shape index (κ2) is 3.38. The van der Waals surface area contributed by atoms with Gasteiger partial charge in [0, 0.05) is 0 Å². The minimum Gasteiger partial charge on any atom is -0.463 e. The zero-order valence-corrected chi connectivity index (χ0v) is 7.32. The molecule has 2 rings (SSSR count). The molecule has 2 aromatic heterocycles.